The molecule has 0 radical (unpaired) electrons. The van der Waals surface area contributed by atoms with Crippen LogP contribution in [0, 0.1) is 0 Å². The van der Waals surface area contributed by atoms with Gasteiger partial charge in [0.15, 0.2) is 6.23 Å². The van der Waals surface area contributed by atoms with Crippen LogP contribution < -0.4 is 4.74 Å². The summed E-state index contributed by atoms with van der Waals surface area (Å²) in [5.74, 6) is -0.0509. The molecule has 1 aromatic heterocycles. The maximum atomic E-state index is 13.0. The Morgan fingerprint density at radius 2 is 1.86 bits per heavy atom. The number of amides is 2. The number of hydrogen-bond donors (Lipinski definition) is 2. The van der Waals surface area contributed by atoms with Gasteiger partial charge in [0.05, 0.1) is 24.4 Å². The zero-order valence-corrected chi connectivity index (χ0v) is 21.5. The van der Waals surface area contributed by atoms with Gasteiger partial charge in [-0.3, -0.25) is 4.79 Å². The van der Waals surface area contributed by atoms with Crippen molar-refractivity contribution in [3.63, 3.8) is 0 Å². The number of fused-ring (bicyclic) bond motifs is 2. The molecule has 0 saturated carbocycles. The van der Waals surface area contributed by atoms with Gasteiger partial charge in [0, 0.05) is 35.7 Å². The van der Waals surface area contributed by atoms with Crippen molar-refractivity contribution in [1.82, 2.24) is 19.7 Å². The number of aliphatic hydroxyl groups excluding tert-OH is 2. The van der Waals surface area contributed by atoms with E-state index in [1.54, 1.807) is 17.0 Å². The lowest BCUT2D eigenvalue weighted by molar-refractivity contribution is -0.137. The molecule has 4 heterocycles. The van der Waals surface area contributed by atoms with Gasteiger partial charge in [0.1, 0.15) is 5.75 Å². The van der Waals surface area contributed by atoms with Crippen LogP contribution in [0.1, 0.15) is 62.1 Å². The van der Waals surface area contributed by atoms with Crippen molar-refractivity contribution < 1.29 is 24.5 Å². The number of ether oxygens (including phenoxy) is 1. The van der Waals surface area contributed by atoms with Crippen LogP contribution >= 0.6 is 0 Å². The summed E-state index contributed by atoms with van der Waals surface area (Å²) >= 11 is 0. The second-order valence-electron chi connectivity index (χ2n) is 10.2. The van der Waals surface area contributed by atoms with Gasteiger partial charge in [0.2, 0.25) is 0 Å². The van der Waals surface area contributed by atoms with Crippen LogP contribution in [-0.2, 0) is 17.8 Å². The Balaban J connectivity index is 1.31. The SMILES string of the molecule is C=C(CO)C(=O)N1Cc2c(nc3ccc(OC(=O)N4CCC(N5CCCCC5)CC4)cc3c2CC)C1O. The normalized spacial score (nSPS) is 20.8. The molecule has 198 valence electrons. The highest BCUT2D eigenvalue weighted by Gasteiger charge is 2.36. The summed E-state index contributed by atoms with van der Waals surface area (Å²) in [5.41, 5.74) is 2.84. The minimum Gasteiger partial charge on any atom is -0.410 e. The Labute approximate surface area is 217 Å². The van der Waals surface area contributed by atoms with Crippen LogP contribution in [0.15, 0.2) is 30.4 Å². The third-order valence-electron chi connectivity index (χ3n) is 8.02. The van der Waals surface area contributed by atoms with Crippen molar-refractivity contribution in [1.29, 1.82) is 0 Å². The summed E-state index contributed by atoms with van der Waals surface area (Å²) in [5, 5.41) is 20.9. The Morgan fingerprint density at radius 3 is 2.54 bits per heavy atom. The van der Waals surface area contributed by atoms with Crippen molar-refractivity contribution in [2.24, 2.45) is 0 Å². The molecule has 1 atom stereocenters. The first kappa shape index (κ1) is 25.6. The summed E-state index contributed by atoms with van der Waals surface area (Å²) < 4.78 is 5.78. The van der Waals surface area contributed by atoms with Crippen LogP contribution in [0.2, 0.25) is 0 Å². The van der Waals surface area contributed by atoms with Crippen LogP contribution in [0.25, 0.3) is 10.9 Å². The van der Waals surface area contributed by atoms with Crippen molar-refractivity contribution in [2.45, 2.75) is 64.3 Å². The van der Waals surface area contributed by atoms with Crippen molar-refractivity contribution in [2.75, 3.05) is 32.8 Å². The quantitative estimate of drug-likeness (QED) is 0.598. The fourth-order valence-electron chi connectivity index (χ4n) is 5.95. The first-order valence-electron chi connectivity index (χ1n) is 13.3. The minimum absolute atomic E-state index is 0.0172. The molecule has 2 amide bonds. The van der Waals surface area contributed by atoms with Crippen molar-refractivity contribution in [3.8, 4) is 5.75 Å². The molecule has 5 rings (SSSR count). The van der Waals surface area contributed by atoms with Crippen LogP contribution in [0.4, 0.5) is 4.79 Å². The lowest BCUT2D eigenvalue weighted by Gasteiger charge is -2.39. The molecule has 0 aliphatic carbocycles. The van der Waals surface area contributed by atoms with E-state index in [2.05, 4.69) is 16.5 Å². The number of nitrogens with zero attached hydrogens (tertiary/aromatic N) is 4. The lowest BCUT2D eigenvalue weighted by Crippen LogP contribution is -2.48. The Bertz CT molecular complexity index is 1200. The zero-order chi connectivity index (χ0) is 26.1. The fourth-order valence-corrected chi connectivity index (χ4v) is 5.95. The number of aromatic nitrogens is 1. The van der Waals surface area contributed by atoms with Crippen molar-refractivity contribution in [3.05, 3.63) is 47.2 Å². The maximum absolute atomic E-state index is 13.0. The molecule has 0 spiro atoms. The summed E-state index contributed by atoms with van der Waals surface area (Å²) in [6.07, 6.45) is 4.93. The number of benzene rings is 1. The van der Waals surface area contributed by atoms with E-state index in [1.807, 2.05) is 13.0 Å². The molecule has 2 N–H and O–H groups in total. The summed E-state index contributed by atoms with van der Waals surface area (Å²) in [6, 6.07) is 5.88. The molecule has 1 unspecified atom stereocenters. The van der Waals surface area contributed by atoms with Crippen molar-refractivity contribution >= 4 is 22.9 Å². The second kappa shape index (κ2) is 10.8. The van der Waals surface area contributed by atoms with Crippen LogP contribution in [0.3, 0.4) is 0 Å². The number of aryl methyl sites for hydroxylation is 1. The first-order valence-corrected chi connectivity index (χ1v) is 13.3. The van der Waals surface area contributed by atoms with E-state index in [4.69, 9.17) is 4.74 Å². The molecule has 3 aliphatic rings. The highest BCUT2D eigenvalue weighted by molar-refractivity contribution is 5.94. The maximum Gasteiger partial charge on any atom is 0.415 e. The highest BCUT2D eigenvalue weighted by Crippen LogP contribution is 2.38. The van der Waals surface area contributed by atoms with Gasteiger partial charge in [-0.1, -0.05) is 19.9 Å². The summed E-state index contributed by atoms with van der Waals surface area (Å²) in [6.45, 7) is 9.03. The molecular weight excluding hydrogens is 472 g/mol. The smallest absolute Gasteiger partial charge is 0.410 e. The molecule has 9 heteroatoms. The van der Waals surface area contributed by atoms with Gasteiger partial charge in [-0.25, -0.2) is 9.78 Å². The number of pyridine rings is 1. The van der Waals surface area contributed by atoms with E-state index in [0.717, 1.165) is 29.4 Å². The Morgan fingerprint density at radius 1 is 1.14 bits per heavy atom. The minimum atomic E-state index is -1.20. The van der Waals surface area contributed by atoms with E-state index in [-0.39, 0.29) is 18.2 Å². The first-order chi connectivity index (χ1) is 17.9. The number of aliphatic hydroxyl groups is 2. The highest BCUT2D eigenvalue weighted by atomic mass is 16.6. The predicted molar refractivity (Wildman–Crippen MR) is 139 cm³/mol. The van der Waals surface area contributed by atoms with Gasteiger partial charge < -0.3 is 29.6 Å². The average Bonchev–Trinajstić information content (AvgIpc) is 3.27. The molecule has 2 saturated heterocycles. The summed E-state index contributed by atoms with van der Waals surface area (Å²) in [4.78, 5) is 35.8. The van der Waals surface area contributed by atoms with Gasteiger partial charge in [-0.2, -0.15) is 0 Å². The second-order valence-corrected chi connectivity index (χ2v) is 10.2. The number of carbonyl (C=O) groups excluding carboxylic acids is 2. The van der Waals surface area contributed by atoms with Gasteiger partial charge >= 0.3 is 6.09 Å². The molecular formula is C28H36N4O5. The van der Waals surface area contributed by atoms with Gasteiger partial charge in [0.25, 0.3) is 5.91 Å². The fraction of sp³-hybridized carbons (Fsp3) is 0.536. The standard InChI is InChI=1S/C28H36N4O5/c1-3-21-22-15-20(37-28(36)31-13-9-19(10-14-31)30-11-5-4-6-12-30)7-8-24(22)29-25-23(21)16-32(27(25)35)26(34)18(2)17-33/h7-8,15,19,27,33,35H,2-6,9-14,16-17H2,1H3. The molecule has 2 fully saturated rings. The van der Waals surface area contributed by atoms with Gasteiger partial charge in [-0.05, 0) is 69.0 Å². The number of carbonyl (C=O) groups is 2. The number of piperidine rings is 2. The van der Waals surface area contributed by atoms with Gasteiger partial charge in [-0.15, -0.1) is 0 Å². The predicted octanol–water partition coefficient (Wildman–Crippen LogP) is 3.13. The number of likely N-dealkylation sites (tertiary alicyclic amines) is 2. The zero-order valence-electron chi connectivity index (χ0n) is 21.5. The lowest BCUT2D eigenvalue weighted by atomic mass is 9.99. The number of hydrogen-bond acceptors (Lipinski definition) is 7. The average molecular weight is 509 g/mol. The third-order valence-corrected chi connectivity index (χ3v) is 8.02. The van der Waals surface area contributed by atoms with E-state index in [9.17, 15) is 19.8 Å². The largest absolute Gasteiger partial charge is 0.415 e. The molecule has 3 aliphatic heterocycles. The van der Waals surface area contributed by atoms with Crippen LogP contribution in [-0.4, -0.2) is 80.7 Å². The molecule has 2 aromatic rings. The van der Waals surface area contributed by atoms with E-state index >= 15 is 0 Å². The third kappa shape index (κ3) is 4.95. The molecule has 9 nitrogen and oxygen atoms in total. The topological polar surface area (TPSA) is 106 Å². The molecule has 0 bridgehead atoms. The van der Waals surface area contributed by atoms with Crippen LogP contribution in [0.5, 0.6) is 5.75 Å². The monoisotopic (exact) mass is 508 g/mol. The molecule has 1 aromatic carbocycles. The van der Waals surface area contributed by atoms with E-state index in [1.165, 1.54) is 37.3 Å². The Hall–Kier alpha value is -3.01. The number of rotatable bonds is 5. The van der Waals surface area contributed by atoms with E-state index < -0.39 is 18.7 Å². The van der Waals surface area contributed by atoms with E-state index in [0.29, 0.717) is 42.5 Å². The summed E-state index contributed by atoms with van der Waals surface area (Å²) in [7, 11) is 0. The molecule has 37 heavy (non-hydrogen) atoms. The Kier molecular flexibility index (Phi) is 7.46.